The Hall–Kier alpha value is -3.14. The van der Waals surface area contributed by atoms with E-state index in [0.29, 0.717) is 28.9 Å². The minimum absolute atomic E-state index is 0.174. The summed E-state index contributed by atoms with van der Waals surface area (Å²) in [5.41, 5.74) is 0.558. The molecule has 3 heterocycles. The zero-order chi connectivity index (χ0) is 21.6. The molecule has 0 bridgehead atoms. The second kappa shape index (κ2) is 9.78. The highest BCUT2D eigenvalue weighted by atomic mass is 32.2. The molecule has 0 radical (unpaired) electrons. The van der Waals surface area contributed by atoms with Crippen molar-refractivity contribution in [3.63, 3.8) is 0 Å². The average Bonchev–Trinajstić information content (AvgIpc) is 3.55. The van der Waals surface area contributed by atoms with Gasteiger partial charge in [-0.1, -0.05) is 11.8 Å². The average molecular weight is 444 g/mol. The van der Waals surface area contributed by atoms with Gasteiger partial charge >= 0.3 is 0 Å². The molecule has 0 unspecified atom stereocenters. The summed E-state index contributed by atoms with van der Waals surface area (Å²) in [7, 11) is 3.14. The van der Waals surface area contributed by atoms with E-state index >= 15 is 0 Å². The molecule has 31 heavy (non-hydrogen) atoms. The van der Waals surface area contributed by atoms with Gasteiger partial charge in [-0.25, -0.2) is 0 Å². The quantitative estimate of drug-likeness (QED) is 0.504. The number of carbonyl (C=O) groups excluding carboxylic acids is 1. The summed E-state index contributed by atoms with van der Waals surface area (Å²) in [6.45, 7) is 2.42. The maximum absolute atomic E-state index is 12.6. The summed E-state index contributed by atoms with van der Waals surface area (Å²) in [6, 6.07) is 9.04. The molecule has 1 fully saturated rings. The first-order valence-corrected chi connectivity index (χ1v) is 11.0. The van der Waals surface area contributed by atoms with Gasteiger partial charge in [-0.3, -0.25) is 9.36 Å². The lowest BCUT2D eigenvalue weighted by atomic mass is 10.2. The number of rotatable bonds is 9. The van der Waals surface area contributed by atoms with Crippen molar-refractivity contribution in [1.29, 1.82) is 0 Å². The fourth-order valence-corrected chi connectivity index (χ4v) is 4.20. The Balaban J connectivity index is 1.47. The molecule has 0 atom stereocenters. The molecule has 3 aromatic rings. The number of hydrogen-bond acceptors (Lipinski definition) is 8. The monoisotopic (exact) mass is 443 g/mol. The molecule has 1 aromatic carbocycles. The molecule has 0 aliphatic carbocycles. The van der Waals surface area contributed by atoms with Crippen molar-refractivity contribution >= 4 is 29.3 Å². The van der Waals surface area contributed by atoms with E-state index in [2.05, 4.69) is 20.4 Å². The van der Waals surface area contributed by atoms with Crippen LogP contribution < -0.4 is 19.7 Å². The van der Waals surface area contributed by atoms with Gasteiger partial charge in [0.25, 0.3) is 0 Å². The van der Waals surface area contributed by atoms with E-state index in [1.807, 2.05) is 16.7 Å². The highest BCUT2D eigenvalue weighted by Crippen LogP contribution is 2.30. The molecule has 0 spiro atoms. The van der Waals surface area contributed by atoms with Crippen LogP contribution in [0.1, 0.15) is 18.6 Å². The van der Waals surface area contributed by atoms with E-state index in [0.717, 1.165) is 37.6 Å². The predicted octanol–water partition coefficient (Wildman–Crippen LogP) is 3.27. The van der Waals surface area contributed by atoms with Crippen LogP contribution in [0.4, 0.5) is 11.6 Å². The smallest absolute Gasteiger partial charge is 0.234 e. The first-order valence-electron chi connectivity index (χ1n) is 10.0. The second-order valence-corrected chi connectivity index (χ2v) is 7.99. The Morgan fingerprint density at radius 1 is 1.19 bits per heavy atom. The summed E-state index contributed by atoms with van der Waals surface area (Å²) in [6.07, 6.45) is 3.93. The van der Waals surface area contributed by atoms with Gasteiger partial charge in [-0.15, -0.1) is 10.2 Å². The number of hydrogen-bond donors (Lipinski definition) is 1. The third-order valence-electron chi connectivity index (χ3n) is 4.99. The first-order chi connectivity index (χ1) is 15.2. The Morgan fingerprint density at radius 2 is 2.03 bits per heavy atom. The predicted molar refractivity (Wildman–Crippen MR) is 118 cm³/mol. The van der Waals surface area contributed by atoms with Crippen molar-refractivity contribution < 1.29 is 18.7 Å². The summed E-state index contributed by atoms with van der Waals surface area (Å²) >= 11 is 1.34. The molecule has 1 aliphatic heterocycles. The summed E-state index contributed by atoms with van der Waals surface area (Å²) in [4.78, 5) is 14.9. The summed E-state index contributed by atoms with van der Waals surface area (Å²) in [5, 5.41) is 12.3. The van der Waals surface area contributed by atoms with Crippen molar-refractivity contribution in [2.24, 2.45) is 0 Å². The van der Waals surface area contributed by atoms with E-state index in [1.54, 1.807) is 38.7 Å². The number of ether oxygens (including phenoxy) is 2. The maximum atomic E-state index is 12.6. The van der Waals surface area contributed by atoms with Crippen molar-refractivity contribution in [2.45, 2.75) is 24.5 Å². The molecule has 2 aromatic heterocycles. The Bertz CT molecular complexity index is 1010. The number of methoxy groups -OCH3 is 2. The van der Waals surface area contributed by atoms with E-state index < -0.39 is 0 Å². The third kappa shape index (κ3) is 4.96. The van der Waals surface area contributed by atoms with Gasteiger partial charge in [0.15, 0.2) is 5.16 Å². The van der Waals surface area contributed by atoms with Crippen LogP contribution in [0.25, 0.3) is 0 Å². The Kier molecular flexibility index (Phi) is 6.66. The highest BCUT2D eigenvalue weighted by molar-refractivity contribution is 7.99. The molecule has 1 amide bonds. The number of benzene rings is 1. The fourth-order valence-electron chi connectivity index (χ4n) is 3.46. The third-order valence-corrected chi connectivity index (χ3v) is 5.96. The number of thioether (sulfide) groups is 1. The summed E-state index contributed by atoms with van der Waals surface area (Å²) in [5.74, 6) is 2.83. The molecule has 1 saturated heterocycles. The van der Waals surface area contributed by atoms with Crippen molar-refractivity contribution in [1.82, 2.24) is 14.8 Å². The van der Waals surface area contributed by atoms with Crippen molar-refractivity contribution in [2.75, 3.05) is 43.3 Å². The Morgan fingerprint density at radius 3 is 2.74 bits per heavy atom. The normalized spacial score (nSPS) is 13.4. The zero-order valence-corrected chi connectivity index (χ0v) is 18.4. The number of aromatic nitrogens is 3. The van der Waals surface area contributed by atoms with Crippen molar-refractivity contribution in [3.05, 3.63) is 42.4 Å². The van der Waals surface area contributed by atoms with Crippen LogP contribution in [0.2, 0.25) is 0 Å². The van der Waals surface area contributed by atoms with Gasteiger partial charge in [0, 0.05) is 19.2 Å². The van der Waals surface area contributed by atoms with Gasteiger partial charge in [0.2, 0.25) is 11.9 Å². The standard InChI is InChI=1S/C21H25N5O4S/c1-28-15-7-8-18(29-2)17(12-15)22-19(27)14-31-21-24-23-20(25-9-3-4-10-25)26(21)13-16-6-5-11-30-16/h5-8,11-12H,3-4,9-10,13-14H2,1-2H3,(H,22,27). The highest BCUT2D eigenvalue weighted by Gasteiger charge is 2.22. The minimum Gasteiger partial charge on any atom is -0.497 e. The molecule has 10 heteroatoms. The minimum atomic E-state index is -0.174. The number of nitrogens with one attached hydrogen (secondary N) is 1. The number of anilines is 2. The van der Waals surface area contributed by atoms with Crippen LogP contribution in [-0.4, -0.2) is 53.7 Å². The van der Waals surface area contributed by atoms with E-state index in [1.165, 1.54) is 11.8 Å². The molecule has 9 nitrogen and oxygen atoms in total. The SMILES string of the molecule is COc1ccc(OC)c(NC(=O)CSc2nnc(N3CCCC3)n2Cc2ccco2)c1. The largest absolute Gasteiger partial charge is 0.497 e. The van der Waals surface area contributed by atoms with Gasteiger partial charge < -0.3 is 24.1 Å². The van der Waals surface area contributed by atoms with Gasteiger partial charge in [0.05, 0.1) is 38.5 Å². The van der Waals surface area contributed by atoms with Crippen LogP contribution in [-0.2, 0) is 11.3 Å². The first kappa shape index (κ1) is 21.1. The number of carbonyl (C=O) groups is 1. The van der Waals surface area contributed by atoms with Crippen molar-refractivity contribution in [3.8, 4) is 11.5 Å². The molecule has 0 saturated carbocycles. The molecular formula is C21H25N5O4S. The second-order valence-electron chi connectivity index (χ2n) is 7.05. The van der Waals surface area contributed by atoms with E-state index in [9.17, 15) is 4.79 Å². The van der Waals surface area contributed by atoms with E-state index in [4.69, 9.17) is 13.9 Å². The molecule has 164 valence electrons. The van der Waals surface area contributed by atoms with Crippen LogP contribution >= 0.6 is 11.8 Å². The van der Waals surface area contributed by atoms with Crippen LogP contribution in [0.3, 0.4) is 0 Å². The fraction of sp³-hybridized carbons (Fsp3) is 0.381. The number of nitrogens with zero attached hydrogens (tertiary/aromatic N) is 4. The van der Waals surface area contributed by atoms with Gasteiger partial charge in [0.1, 0.15) is 17.3 Å². The lowest BCUT2D eigenvalue weighted by molar-refractivity contribution is -0.113. The van der Waals surface area contributed by atoms with Gasteiger partial charge in [-0.2, -0.15) is 0 Å². The van der Waals surface area contributed by atoms with Crippen LogP contribution in [0, 0.1) is 0 Å². The zero-order valence-electron chi connectivity index (χ0n) is 17.5. The summed E-state index contributed by atoms with van der Waals surface area (Å²) < 4.78 is 18.1. The lowest BCUT2D eigenvalue weighted by Gasteiger charge is -2.17. The van der Waals surface area contributed by atoms with Crippen LogP contribution in [0.5, 0.6) is 11.5 Å². The van der Waals surface area contributed by atoms with Gasteiger partial charge in [-0.05, 0) is 37.1 Å². The molecule has 4 rings (SSSR count). The molecular weight excluding hydrogens is 418 g/mol. The molecule has 1 N–H and O–H groups in total. The number of furan rings is 1. The topological polar surface area (TPSA) is 94.6 Å². The Labute approximate surface area is 184 Å². The maximum Gasteiger partial charge on any atom is 0.234 e. The lowest BCUT2D eigenvalue weighted by Crippen LogP contribution is -2.23. The van der Waals surface area contributed by atoms with E-state index in [-0.39, 0.29) is 11.7 Å². The number of amides is 1. The molecule has 1 aliphatic rings. The van der Waals surface area contributed by atoms with Crippen LogP contribution in [0.15, 0.2) is 46.2 Å².